The minimum atomic E-state index is -0.151. The van der Waals surface area contributed by atoms with Crippen molar-refractivity contribution in [2.24, 2.45) is 10.8 Å². The quantitative estimate of drug-likeness (QED) is 0.104. The van der Waals surface area contributed by atoms with Gasteiger partial charge in [0.15, 0.2) is 0 Å². The molecule has 0 spiro atoms. The molecule has 6 heteroatoms. The fraction of sp³-hybridized carbons (Fsp3) is 0.613. The number of thioether (sulfide) groups is 2. The first kappa shape index (κ1) is 31.6. The lowest BCUT2D eigenvalue weighted by Gasteiger charge is -2.24. The predicted molar refractivity (Wildman–Crippen MR) is 159 cm³/mol. The number of para-hydroxylation sites is 1. The molecule has 0 saturated heterocycles. The fourth-order valence-electron chi connectivity index (χ4n) is 3.81. The molecular weight excluding hydrogens is 500 g/mol. The predicted octanol–water partition coefficient (Wildman–Crippen LogP) is 8.62. The van der Waals surface area contributed by atoms with E-state index in [1.54, 1.807) is 0 Å². The molecular formula is C31H46O4S2. The summed E-state index contributed by atoms with van der Waals surface area (Å²) in [6.07, 6.45) is 14.0. The molecule has 0 atom stereocenters. The molecule has 206 valence electrons. The smallest absolute Gasteiger partial charge is 0.311 e. The van der Waals surface area contributed by atoms with E-state index in [0.717, 1.165) is 50.0 Å². The first-order valence-corrected chi connectivity index (χ1v) is 15.9. The van der Waals surface area contributed by atoms with Gasteiger partial charge in [0.25, 0.3) is 0 Å². The highest BCUT2D eigenvalue weighted by Gasteiger charge is 2.21. The van der Waals surface area contributed by atoms with Crippen LogP contribution in [-0.4, -0.2) is 35.0 Å². The van der Waals surface area contributed by atoms with Crippen molar-refractivity contribution in [3.8, 4) is 5.75 Å². The standard InChI is InChI=1S/C31H46O4S2/c1-30(2,18-16-28(32)34-26-12-7-5-8-13-26)20-24-36-22-11-23-37-25-21-31(3,4)19-17-29(33)35-27-14-9-6-10-15-27/h5,7-9,12-15H,6,10-11,16-25H2,1-4H3. The summed E-state index contributed by atoms with van der Waals surface area (Å²) < 4.78 is 10.9. The minimum Gasteiger partial charge on any atom is -0.427 e. The van der Waals surface area contributed by atoms with E-state index in [-0.39, 0.29) is 22.8 Å². The van der Waals surface area contributed by atoms with Gasteiger partial charge in [-0.3, -0.25) is 9.59 Å². The molecule has 1 aromatic rings. The average Bonchev–Trinajstić information content (AvgIpc) is 2.87. The summed E-state index contributed by atoms with van der Waals surface area (Å²) in [4.78, 5) is 24.2. The zero-order valence-corrected chi connectivity index (χ0v) is 24.9. The van der Waals surface area contributed by atoms with Gasteiger partial charge < -0.3 is 9.47 Å². The highest BCUT2D eigenvalue weighted by atomic mass is 32.2. The van der Waals surface area contributed by atoms with Crippen molar-refractivity contribution in [2.45, 2.75) is 85.5 Å². The number of ether oxygens (including phenoxy) is 2. The molecule has 0 bridgehead atoms. The van der Waals surface area contributed by atoms with Gasteiger partial charge in [-0.15, -0.1) is 0 Å². The molecule has 1 aromatic carbocycles. The molecule has 0 heterocycles. The molecule has 1 aliphatic carbocycles. The minimum absolute atomic E-state index is 0.120. The van der Waals surface area contributed by atoms with E-state index in [9.17, 15) is 9.59 Å². The van der Waals surface area contributed by atoms with E-state index in [2.05, 4.69) is 33.8 Å². The van der Waals surface area contributed by atoms with E-state index >= 15 is 0 Å². The Balaban J connectivity index is 1.45. The average molecular weight is 547 g/mol. The second-order valence-corrected chi connectivity index (χ2v) is 13.7. The lowest BCUT2D eigenvalue weighted by molar-refractivity contribution is -0.139. The lowest BCUT2D eigenvalue weighted by atomic mass is 9.85. The van der Waals surface area contributed by atoms with Gasteiger partial charge in [-0.2, -0.15) is 23.5 Å². The Morgan fingerprint density at radius 3 is 1.86 bits per heavy atom. The molecule has 4 nitrogen and oxygen atoms in total. The van der Waals surface area contributed by atoms with Gasteiger partial charge in [-0.05, 0) is 103 Å². The van der Waals surface area contributed by atoms with Crippen molar-refractivity contribution in [1.29, 1.82) is 0 Å². The molecule has 2 rings (SSSR count). The van der Waals surface area contributed by atoms with E-state index in [1.807, 2.05) is 66.0 Å². The van der Waals surface area contributed by atoms with Crippen LogP contribution in [-0.2, 0) is 14.3 Å². The van der Waals surface area contributed by atoms with Crippen LogP contribution in [0.25, 0.3) is 0 Å². The third-order valence-electron chi connectivity index (χ3n) is 6.60. The summed E-state index contributed by atoms with van der Waals surface area (Å²) in [5.74, 6) is 5.67. The van der Waals surface area contributed by atoms with Crippen molar-refractivity contribution >= 4 is 35.5 Å². The number of benzene rings is 1. The summed E-state index contributed by atoms with van der Waals surface area (Å²) in [6.45, 7) is 8.98. The van der Waals surface area contributed by atoms with Gasteiger partial charge >= 0.3 is 11.9 Å². The Morgan fingerprint density at radius 2 is 1.32 bits per heavy atom. The van der Waals surface area contributed by atoms with Crippen molar-refractivity contribution in [3.05, 3.63) is 54.3 Å². The maximum atomic E-state index is 12.1. The van der Waals surface area contributed by atoms with Crippen LogP contribution in [0.5, 0.6) is 5.75 Å². The summed E-state index contributed by atoms with van der Waals surface area (Å²) in [6, 6.07) is 9.28. The second kappa shape index (κ2) is 17.0. The molecule has 0 aliphatic heterocycles. The maximum absolute atomic E-state index is 12.1. The molecule has 0 fully saturated rings. The Kier molecular flexibility index (Phi) is 14.5. The van der Waals surface area contributed by atoms with E-state index in [0.29, 0.717) is 24.4 Å². The van der Waals surface area contributed by atoms with Crippen molar-refractivity contribution in [3.63, 3.8) is 0 Å². The number of rotatable bonds is 18. The van der Waals surface area contributed by atoms with Gasteiger partial charge in [0, 0.05) is 12.8 Å². The first-order valence-electron chi connectivity index (χ1n) is 13.6. The van der Waals surface area contributed by atoms with Crippen LogP contribution in [0.1, 0.15) is 85.5 Å². The summed E-state index contributed by atoms with van der Waals surface area (Å²) in [5, 5.41) is 0. The Labute approximate surface area is 233 Å². The van der Waals surface area contributed by atoms with Crippen LogP contribution < -0.4 is 4.74 Å². The van der Waals surface area contributed by atoms with Crippen LogP contribution in [0.3, 0.4) is 0 Å². The maximum Gasteiger partial charge on any atom is 0.311 e. The van der Waals surface area contributed by atoms with Gasteiger partial charge in [0.2, 0.25) is 0 Å². The fourth-order valence-corrected chi connectivity index (χ4v) is 6.50. The topological polar surface area (TPSA) is 52.6 Å². The van der Waals surface area contributed by atoms with Gasteiger partial charge in [-0.25, -0.2) is 0 Å². The van der Waals surface area contributed by atoms with Crippen LogP contribution in [0, 0.1) is 10.8 Å². The molecule has 1 aliphatic rings. The van der Waals surface area contributed by atoms with Crippen molar-refractivity contribution in [2.75, 3.05) is 23.0 Å². The highest BCUT2D eigenvalue weighted by Crippen LogP contribution is 2.30. The molecule has 0 saturated carbocycles. The largest absolute Gasteiger partial charge is 0.427 e. The molecule has 0 radical (unpaired) electrons. The van der Waals surface area contributed by atoms with Gasteiger partial charge in [0.05, 0.1) is 0 Å². The summed E-state index contributed by atoms with van der Waals surface area (Å²) in [7, 11) is 0. The van der Waals surface area contributed by atoms with Crippen molar-refractivity contribution < 1.29 is 19.1 Å². The number of hydrogen-bond donors (Lipinski definition) is 0. The number of esters is 2. The Hall–Kier alpha value is -1.66. The summed E-state index contributed by atoms with van der Waals surface area (Å²) in [5.41, 5.74) is 0.288. The number of carbonyl (C=O) groups excluding carboxylic acids is 2. The van der Waals surface area contributed by atoms with Gasteiger partial charge in [0.1, 0.15) is 11.5 Å². The molecule has 37 heavy (non-hydrogen) atoms. The third-order valence-corrected chi connectivity index (χ3v) is 8.74. The monoisotopic (exact) mass is 546 g/mol. The van der Waals surface area contributed by atoms with E-state index in [1.165, 1.54) is 17.9 Å². The zero-order chi connectivity index (χ0) is 27.0. The molecule has 0 unspecified atom stereocenters. The zero-order valence-electron chi connectivity index (χ0n) is 23.3. The number of allylic oxidation sites excluding steroid dienone is 3. The first-order chi connectivity index (χ1) is 17.7. The highest BCUT2D eigenvalue weighted by molar-refractivity contribution is 8.00. The van der Waals surface area contributed by atoms with Crippen molar-refractivity contribution in [1.82, 2.24) is 0 Å². The second-order valence-electron chi connectivity index (χ2n) is 11.3. The van der Waals surface area contributed by atoms with Crippen LogP contribution in [0.4, 0.5) is 0 Å². The number of hydrogen-bond acceptors (Lipinski definition) is 6. The van der Waals surface area contributed by atoms with Gasteiger partial charge in [-0.1, -0.05) is 52.0 Å². The SMILES string of the molecule is CC(C)(CCSCCCSCCC(C)(C)CCC(=O)Oc1ccccc1)CCC(=O)OC1=CCCC=C1. The van der Waals surface area contributed by atoms with Crippen LogP contribution in [0.2, 0.25) is 0 Å². The van der Waals surface area contributed by atoms with Crippen LogP contribution >= 0.6 is 23.5 Å². The van der Waals surface area contributed by atoms with E-state index in [4.69, 9.17) is 9.47 Å². The molecule has 0 aromatic heterocycles. The lowest BCUT2D eigenvalue weighted by Crippen LogP contribution is -2.17. The van der Waals surface area contributed by atoms with Crippen LogP contribution in [0.15, 0.2) is 54.3 Å². The number of carbonyl (C=O) groups is 2. The normalized spacial score (nSPS) is 13.8. The summed E-state index contributed by atoms with van der Waals surface area (Å²) >= 11 is 4.04. The Bertz CT molecular complexity index is 874. The molecule has 0 N–H and O–H groups in total. The Morgan fingerprint density at radius 1 is 0.757 bits per heavy atom. The third kappa shape index (κ3) is 15.4. The molecule has 0 amide bonds. The van der Waals surface area contributed by atoms with E-state index < -0.39 is 0 Å².